The molecule has 11 nitrogen and oxygen atoms in total. The Morgan fingerprint density at radius 1 is 1.11 bits per heavy atom. The largest absolute Gasteiger partial charge is 0.508 e. The molecule has 0 amide bonds. The van der Waals surface area contributed by atoms with Crippen molar-refractivity contribution < 1.29 is 52.6 Å². The van der Waals surface area contributed by atoms with E-state index in [1.807, 2.05) is 13.8 Å². The Morgan fingerprint density at radius 2 is 1.76 bits per heavy atom. The summed E-state index contributed by atoms with van der Waals surface area (Å²) in [5, 5.41) is 35.5. The zero-order valence-corrected chi connectivity index (χ0v) is 21.2. The molecule has 3 N–H and O–H groups in total. The Hall–Kier alpha value is -3.00. The van der Waals surface area contributed by atoms with Crippen LogP contribution in [0.3, 0.4) is 0 Å². The minimum atomic E-state index is -1.72. The Bertz CT molecular complexity index is 1070. The maximum absolute atomic E-state index is 14.7. The van der Waals surface area contributed by atoms with Gasteiger partial charge in [-0.25, -0.2) is 13.6 Å². The zero-order valence-electron chi connectivity index (χ0n) is 21.2. The van der Waals surface area contributed by atoms with Gasteiger partial charge in [0.2, 0.25) is 12.2 Å². The summed E-state index contributed by atoms with van der Waals surface area (Å²) in [4.78, 5) is 11.5. The first kappa shape index (κ1) is 28.6. The smallest absolute Gasteiger partial charge is 0.497 e. The standard InChI is InChI=1S/C24H32F2N2O9/c1-6-34-24(32)35-10-18-19(29)20(30)21(31)23(36-18)37-22-14(12(4)28(27-22)11(2)3)9-15-16(25)7-13(33-5)8-17(15)26/h7-8,11,18-21,23,29-31H,6,9-10H2,1-5H3/t18-,19-,20+,21-,23+/m1/s1. The number of rotatable bonds is 9. The van der Waals surface area contributed by atoms with Gasteiger partial charge in [-0.3, -0.25) is 4.68 Å². The summed E-state index contributed by atoms with van der Waals surface area (Å²) in [6.45, 7) is 6.53. The number of hydrogen-bond acceptors (Lipinski definition) is 10. The number of aromatic nitrogens is 2. The van der Waals surface area contributed by atoms with Crippen LogP contribution in [0, 0.1) is 18.6 Å². The Kier molecular flexibility index (Phi) is 9.29. The molecule has 1 saturated heterocycles. The fraction of sp³-hybridized carbons (Fsp3) is 0.583. The van der Waals surface area contributed by atoms with Crippen LogP contribution >= 0.6 is 0 Å². The second-order valence-electron chi connectivity index (χ2n) is 8.78. The highest BCUT2D eigenvalue weighted by molar-refractivity contribution is 5.59. The van der Waals surface area contributed by atoms with Crippen LogP contribution in [0.5, 0.6) is 11.6 Å². The molecule has 2 aromatic rings. The van der Waals surface area contributed by atoms with Gasteiger partial charge in [0.05, 0.1) is 13.7 Å². The molecule has 0 spiro atoms. The Morgan fingerprint density at radius 3 is 2.32 bits per heavy atom. The SMILES string of the molecule is CCOC(=O)OC[C@H]1O[C@@H](Oc2nn(C(C)C)c(C)c2Cc2c(F)cc(OC)cc2F)[C@H](O)[C@@H](O)[C@@H]1O. The number of benzene rings is 1. The topological polar surface area (TPSA) is 142 Å². The van der Waals surface area contributed by atoms with Crippen LogP contribution in [0.15, 0.2) is 12.1 Å². The Balaban J connectivity index is 1.90. The van der Waals surface area contributed by atoms with Gasteiger partial charge in [-0.15, -0.1) is 5.10 Å². The Labute approximate surface area is 212 Å². The van der Waals surface area contributed by atoms with Crippen molar-refractivity contribution in [3.63, 3.8) is 0 Å². The minimum absolute atomic E-state index is 0.0205. The van der Waals surface area contributed by atoms with Crippen molar-refractivity contribution >= 4 is 6.16 Å². The number of nitrogens with zero attached hydrogens (tertiary/aromatic N) is 2. The second kappa shape index (κ2) is 12.0. The third kappa shape index (κ3) is 6.29. The second-order valence-corrected chi connectivity index (χ2v) is 8.78. The number of methoxy groups -OCH3 is 1. The van der Waals surface area contributed by atoms with Gasteiger partial charge in [0.1, 0.15) is 48.4 Å². The number of hydrogen-bond donors (Lipinski definition) is 3. The molecule has 2 heterocycles. The minimum Gasteiger partial charge on any atom is -0.497 e. The van der Waals surface area contributed by atoms with Gasteiger partial charge in [-0.05, 0) is 27.7 Å². The number of halogens is 2. The lowest BCUT2D eigenvalue weighted by molar-refractivity contribution is -0.278. The van der Waals surface area contributed by atoms with E-state index in [1.165, 1.54) is 7.11 Å². The van der Waals surface area contributed by atoms with Crippen LogP contribution < -0.4 is 9.47 Å². The summed E-state index contributed by atoms with van der Waals surface area (Å²) in [6.07, 6.45) is -9.15. The van der Waals surface area contributed by atoms with Crippen molar-refractivity contribution in [1.82, 2.24) is 9.78 Å². The van der Waals surface area contributed by atoms with Crippen molar-refractivity contribution in [1.29, 1.82) is 0 Å². The average Bonchev–Trinajstić information content (AvgIpc) is 3.15. The quantitative estimate of drug-likeness (QED) is 0.412. The van der Waals surface area contributed by atoms with Gasteiger partial charge in [-0.2, -0.15) is 0 Å². The molecule has 0 unspecified atom stereocenters. The first-order chi connectivity index (χ1) is 17.5. The summed E-state index contributed by atoms with van der Waals surface area (Å²) in [5.74, 6) is -1.74. The molecule has 5 atom stereocenters. The average molecular weight is 531 g/mol. The lowest BCUT2D eigenvalue weighted by Crippen LogP contribution is -2.60. The summed E-state index contributed by atoms with van der Waals surface area (Å²) >= 11 is 0. The van der Waals surface area contributed by atoms with E-state index >= 15 is 0 Å². The van der Waals surface area contributed by atoms with Gasteiger partial charge in [0.15, 0.2) is 0 Å². The van der Waals surface area contributed by atoms with Gasteiger partial charge in [-0.1, -0.05) is 0 Å². The molecule has 1 aromatic carbocycles. The molecule has 1 fully saturated rings. The number of carbonyl (C=O) groups is 1. The van der Waals surface area contributed by atoms with Gasteiger partial charge >= 0.3 is 6.16 Å². The highest BCUT2D eigenvalue weighted by atomic mass is 19.1. The molecular formula is C24H32F2N2O9. The van der Waals surface area contributed by atoms with Crippen LogP contribution in [0.2, 0.25) is 0 Å². The molecule has 0 aliphatic carbocycles. The summed E-state index contributed by atoms with van der Waals surface area (Å²) in [7, 11) is 1.29. The van der Waals surface area contributed by atoms with E-state index in [0.717, 1.165) is 12.1 Å². The van der Waals surface area contributed by atoms with E-state index in [4.69, 9.17) is 18.9 Å². The molecule has 206 valence electrons. The fourth-order valence-electron chi connectivity index (χ4n) is 3.94. The molecule has 1 aromatic heterocycles. The molecule has 13 heteroatoms. The maximum atomic E-state index is 14.7. The summed E-state index contributed by atoms with van der Waals surface area (Å²) < 4.78 is 56.8. The maximum Gasteiger partial charge on any atom is 0.508 e. The summed E-state index contributed by atoms with van der Waals surface area (Å²) in [6, 6.07) is 1.96. The van der Waals surface area contributed by atoms with Gasteiger partial charge < -0.3 is 39.0 Å². The molecule has 0 saturated carbocycles. The van der Waals surface area contributed by atoms with Crippen molar-refractivity contribution in [3.8, 4) is 11.6 Å². The van der Waals surface area contributed by atoms with Crippen molar-refractivity contribution in [2.75, 3.05) is 20.3 Å². The molecule has 1 aliphatic rings. The molecular weight excluding hydrogens is 498 g/mol. The normalized spacial score (nSPS) is 23.7. The van der Waals surface area contributed by atoms with E-state index in [9.17, 15) is 28.9 Å². The number of aliphatic hydroxyl groups is 3. The molecule has 0 radical (unpaired) electrons. The van der Waals surface area contributed by atoms with Crippen molar-refractivity contribution in [3.05, 3.63) is 40.6 Å². The molecule has 0 bridgehead atoms. The van der Waals surface area contributed by atoms with E-state index in [0.29, 0.717) is 11.3 Å². The summed E-state index contributed by atoms with van der Waals surface area (Å²) in [5.41, 5.74) is 0.610. The number of carbonyl (C=O) groups excluding carboxylic acids is 1. The first-order valence-electron chi connectivity index (χ1n) is 11.7. The predicted molar refractivity (Wildman–Crippen MR) is 123 cm³/mol. The van der Waals surface area contributed by atoms with E-state index in [-0.39, 0.29) is 36.3 Å². The van der Waals surface area contributed by atoms with Crippen molar-refractivity contribution in [2.45, 2.75) is 70.9 Å². The van der Waals surface area contributed by atoms with E-state index < -0.39 is 55.1 Å². The van der Waals surface area contributed by atoms with E-state index in [2.05, 4.69) is 9.84 Å². The first-order valence-corrected chi connectivity index (χ1v) is 11.7. The predicted octanol–water partition coefficient (Wildman–Crippen LogP) is 2.01. The monoisotopic (exact) mass is 530 g/mol. The van der Waals surface area contributed by atoms with Crippen LogP contribution in [0.25, 0.3) is 0 Å². The number of ether oxygens (including phenoxy) is 5. The lowest BCUT2D eigenvalue weighted by atomic mass is 9.99. The van der Waals surface area contributed by atoms with Gasteiger partial charge in [0.25, 0.3) is 0 Å². The third-order valence-electron chi connectivity index (χ3n) is 5.95. The lowest BCUT2D eigenvalue weighted by Gasteiger charge is -2.39. The van der Waals surface area contributed by atoms with E-state index in [1.54, 1.807) is 18.5 Å². The zero-order chi connectivity index (χ0) is 27.4. The number of aliphatic hydroxyl groups excluding tert-OH is 3. The molecule has 37 heavy (non-hydrogen) atoms. The molecule has 1 aliphatic heterocycles. The highest BCUT2D eigenvalue weighted by Gasteiger charge is 2.46. The van der Waals surface area contributed by atoms with Crippen LogP contribution in [0.4, 0.5) is 13.6 Å². The third-order valence-corrected chi connectivity index (χ3v) is 5.95. The van der Waals surface area contributed by atoms with Gasteiger partial charge in [0, 0.05) is 41.4 Å². The fourth-order valence-corrected chi connectivity index (χ4v) is 3.94. The van der Waals surface area contributed by atoms with Crippen LogP contribution in [-0.4, -0.2) is 82.3 Å². The molecule has 3 rings (SSSR count). The van der Waals surface area contributed by atoms with Crippen LogP contribution in [-0.2, 0) is 20.6 Å². The highest BCUT2D eigenvalue weighted by Crippen LogP contribution is 2.32. The van der Waals surface area contributed by atoms with Crippen LogP contribution in [0.1, 0.15) is 43.6 Å². The van der Waals surface area contributed by atoms with Crippen molar-refractivity contribution in [2.24, 2.45) is 0 Å².